The fourth-order valence-electron chi connectivity index (χ4n) is 4.05. The zero-order valence-electron chi connectivity index (χ0n) is 17.2. The zero-order valence-corrected chi connectivity index (χ0v) is 25.7. The molecule has 0 saturated carbocycles. The van der Waals surface area contributed by atoms with E-state index in [1.165, 1.54) is 12.2 Å². The maximum absolute atomic E-state index is 12.6. The van der Waals surface area contributed by atoms with E-state index < -0.39 is 26.2 Å². The number of allylic oxidation sites excluding steroid dienone is 7. The Morgan fingerprint density at radius 2 is 1.78 bits per heavy atom. The average molecular weight is 528 g/mol. The standard InChI is InChI=1S/C16H14O10S3.3Na/c17-11-5-12(27-25-23-18)8-2-3-9-13(28-26-24-19)6-14(29(20,21)22)10-4-1-7(11)15(8)16(9)10;;;/h2-3,5-6,13,15,17-19H,1,4H2,(H,20,21,22);;;/q;3*+1/p-3. The van der Waals surface area contributed by atoms with Gasteiger partial charge in [0.15, 0.2) is 0 Å². The van der Waals surface area contributed by atoms with Crippen LogP contribution in [-0.4, -0.2) is 23.5 Å². The van der Waals surface area contributed by atoms with Gasteiger partial charge in [0.05, 0.1) is 22.2 Å². The fourth-order valence-corrected chi connectivity index (χ4v) is 6.11. The van der Waals surface area contributed by atoms with E-state index in [0.717, 1.165) is 0 Å². The third-order valence-electron chi connectivity index (χ3n) is 5.04. The first kappa shape index (κ1) is 31.6. The topological polar surface area (TPSA) is 160 Å². The van der Waals surface area contributed by atoms with Gasteiger partial charge in [0.25, 0.3) is 0 Å². The third kappa shape index (κ3) is 6.11. The summed E-state index contributed by atoms with van der Waals surface area (Å²) in [6.07, 6.45) is 6.45. The van der Waals surface area contributed by atoms with Gasteiger partial charge < -0.3 is 14.9 Å². The summed E-state index contributed by atoms with van der Waals surface area (Å²) >= 11 is 1.17. The van der Waals surface area contributed by atoms with Crippen LogP contribution < -0.4 is 99.0 Å². The van der Waals surface area contributed by atoms with E-state index in [2.05, 4.69) is 18.7 Å². The summed E-state index contributed by atoms with van der Waals surface area (Å²) in [5, 5.41) is 37.5. The Balaban J connectivity index is 0.00000171. The smallest absolute Gasteiger partial charge is 0.872 e. The van der Waals surface area contributed by atoms with E-state index in [1.54, 1.807) is 12.2 Å². The Hall–Kier alpha value is 1.61. The van der Waals surface area contributed by atoms with Gasteiger partial charge >= 0.3 is 88.7 Å². The molecular weight excluding hydrogens is 517 g/mol. The summed E-state index contributed by atoms with van der Waals surface area (Å²) in [7, 11) is -4.82. The molecule has 0 aromatic carbocycles. The molecular formula is C16H11Na3O10S3. The molecule has 0 radical (unpaired) electrons. The van der Waals surface area contributed by atoms with Gasteiger partial charge in [-0.1, -0.05) is 28.8 Å². The van der Waals surface area contributed by atoms with E-state index in [-0.39, 0.29) is 107 Å². The second-order valence-corrected chi connectivity index (χ2v) is 9.26. The SMILES string of the molecule is O=S(=O)([O-])C1=CC(SOO[O-])C2=CC=C3C(SOOO)=CC([O-])=C4CCC1=C2C34.[Na+].[Na+].[Na+]. The largest absolute Gasteiger partial charge is 1.00 e. The third-order valence-corrected chi connectivity index (χ3v) is 7.35. The van der Waals surface area contributed by atoms with Gasteiger partial charge in [0.1, 0.15) is 10.1 Å². The summed E-state index contributed by atoms with van der Waals surface area (Å²) in [6, 6.07) is 0. The number of rotatable bonds is 7. The fraction of sp³-hybridized carbons (Fsp3) is 0.250. The van der Waals surface area contributed by atoms with Crippen molar-refractivity contribution in [1.29, 1.82) is 0 Å². The monoisotopic (exact) mass is 528 g/mol. The normalized spacial score (nSPS) is 23.5. The van der Waals surface area contributed by atoms with Gasteiger partial charge in [0.2, 0.25) is 0 Å². The summed E-state index contributed by atoms with van der Waals surface area (Å²) < 4.78 is 44.6. The molecule has 156 valence electrons. The first-order chi connectivity index (χ1) is 13.9. The van der Waals surface area contributed by atoms with Crippen LogP contribution in [0.1, 0.15) is 12.8 Å². The van der Waals surface area contributed by atoms with E-state index in [9.17, 15) is 23.3 Å². The summed E-state index contributed by atoms with van der Waals surface area (Å²) in [5.41, 5.74) is 2.62. The van der Waals surface area contributed by atoms with Crippen molar-refractivity contribution < 1.29 is 136 Å². The summed E-state index contributed by atoms with van der Waals surface area (Å²) in [6.45, 7) is 0. The maximum Gasteiger partial charge on any atom is 1.00 e. The Kier molecular flexibility index (Phi) is 13.1. The molecule has 0 aromatic rings. The van der Waals surface area contributed by atoms with Crippen LogP contribution in [-0.2, 0) is 28.9 Å². The quantitative estimate of drug-likeness (QED) is 0.109. The van der Waals surface area contributed by atoms with Gasteiger partial charge in [-0.05, 0) is 41.2 Å². The van der Waals surface area contributed by atoms with Gasteiger partial charge in [-0.3, -0.25) is 5.04 Å². The molecule has 0 heterocycles. The van der Waals surface area contributed by atoms with Crippen molar-refractivity contribution in [3.63, 3.8) is 0 Å². The molecule has 2 atom stereocenters. The molecule has 0 fully saturated rings. The van der Waals surface area contributed by atoms with Crippen molar-refractivity contribution in [3.8, 4) is 0 Å². The van der Waals surface area contributed by atoms with E-state index >= 15 is 0 Å². The Morgan fingerprint density at radius 3 is 2.41 bits per heavy atom. The van der Waals surface area contributed by atoms with Gasteiger partial charge in [0, 0.05) is 22.9 Å². The molecule has 1 N–H and O–H groups in total. The van der Waals surface area contributed by atoms with Crippen molar-refractivity contribution in [1.82, 2.24) is 0 Å². The minimum absolute atomic E-state index is 0. The first-order valence-corrected chi connectivity index (χ1v) is 11.0. The molecule has 0 aliphatic heterocycles. The van der Waals surface area contributed by atoms with Crippen molar-refractivity contribution in [2.45, 2.75) is 18.1 Å². The molecule has 32 heavy (non-hydrogen) atoms. The minimum atomic E-state index is -4.82. The van der Waals surface area contributed by atoms with Crippen LogP contribution in [0.2, 0.25) is 0 Å². The van der Waals surface area contributed by atoms with Crippen molar-refractivity contribution >= 4 is 34.2 Å². The van der Waals surface area contributed by atoms with Gasteiger partial charge in [-0.25, -0.2) is 13.7 Å². The molecule has 4 rings (SSSR count). The number of hydrogen-bond donors (Lipinski definition) is 1. The average Bonchev–Trinajstić information content (AvgIpc) is 2.69. The molecule has 0 spiro atoms. The van der Waals surface area contributed by atoms with E-state index in [0.29, 0.717) is 56.9 Å². The molecule has 2 unspecified atom stereocenters. The molecule has 0 saturated heterocycles. The molecule has 4 aliphatic carbocycles. The van der Waals surface area contributed by atoms with Crippen molar-refractivity contribution in [2.24, 2.45) is 5.92 Å². The van der Waals surface area contributed by atoms with Gasteiger partial charge in [-0.15, -0.1) is 10.1 Å². The van der Waals surface area contributed by atoms with Crippen molar-refractivity contribution in [2.75, 3.05) is 0 Å². The molecule has 4 aliphatic rings. The predicted molar refractivity (Wildman–Crippen MR) is 94.7 cm³/mol. The van der Waals surface area contributed by atoms with Crippen LogP contribution in [0.5, 0.6) is 0 Å². The molecule has 0 aromatic heterocycles. The minimum Gasteiger partial charge on any atom is -0.872 e. The maximum atomic E-state index is 12.6. The zero-order chi connectivity index (χ0) is 20.8. The second-order valence-electron chi connectivity index (χ2n) is 6.33. The first-order valence-electron chi connectivity index (χ1n) is 8.09. The second kappa shape index (κ2) is 13.2. The Morgan fingerprint density at radius 1 is 1.09 bits per heavy atom. The van der Waals surface area contributed by atoms with Crippen LogP contribution in [0.3, 0.4) is 0 Å². The summed E-state index contributed by atoms with van der Waals surface area (Å²) in [4.78, 5) is -0.0330. The molecule has 10 nitrogen and oxygen atoms in total. The molecule has 0 bridgehead atoms. The number of hydrogen-bond acceptors (Lipinski definition) is 12. The Labute approximate surface area is 258 Å². The predicted octanol–water partition coefficient (Wildman–Crippen LogP) is -8.16. The van der Waals surface area contributed by atoms with Gasteiger partial charge in [-0.2, -0.15) is 4.33 Å². The van der Waals surface area contributed by atoms with E-state index in [4.69, 9.17) is 5.26 Å². The molecule has 0 amide bonds. The van der Waals surface area contributed by atoms with Crippen LogP contribution in [0.25, 0.3) is 0 Å². The van der Waals surface area contributed by atoms with Crippen LogP contribution in [0.4, 0.5) is 0 Å². The van der Waals surface area contributed by atoms with Crippen molar-refractivity contribution in [3.05, 3.63) is 67.7 Å². The molecule has 16 heteroatoms. The van der Waals surface area contributed by atoms with E-state index in [1.807, 2.05) is 0 Å². The van der Waals surface area contributed by atoms with Crippen LogP contribution >= 0.6 is 24.1 Å². The van der Waals surface area contributed by atoms with Crippen LogP contribution in [0.15, 0.2) is 67.7 Å². The summed E-state index contributed by atoms with van der Waals surface area (Å²) in [5.74, 6) is -0.865. The Bertz CT molecular complexity index is 1050. The van der Waals surface area contributed by atoms with Crippen LogP contribution in [0, 0.1) is 5.92 Å².